The van der Waals surface area contributed by atoms with E-state index in [0.29, 0.717) is 5.69 Å². The summed E-state index contributed by atoms with van der Waals surface area (Å²) in [5.41, 5.74) is -0.155. The minimum Gasteiger partial charge on any atom is -0.481 e. The number of ether oxygens (including phenoxy) is 1. The van der Waals surface area contributed by atoms with Gasteiger partial charge in [-0.15, -0.1) is 0 Å². The van der Waals surface area contributed by atoms with Gasteiger partial charge >= 0.3 is 12.1 Å². The van der Waals surface area contributed by atoms with E-state index in [4.69, 9.17) is 9.84 Å². The molecule has 0 aromatic carbocycles. The average Bonchev–Trinajstić information content (AvgIpc) is 2.60. The maximum Gasteiger partial charge on any atom is 0.408 e. The maximum absolute atomic E-state index is 11.7. The Hall–Kier alpha value is -2.05. The lowest BCUT2D eigenvalue weighted by Gasteiger charge is -2.22. The number of amides is 1. The number of carboxylic acids is 1. The van der Waals surface area contributed by atoms with Crippen molar-refractivity contribution in [1.82, 2.24) is 15.1 Å². The van der Waals surface area contributed by atoms with Crippen LogP contribution in [0.2, 0.25) is 0 Å². The highest BCUT2D eigenvalue weighted by atomic mass is 16.6. The van der Waals surface area contributed by atoms with Crippen molar-refractivity contribution in [2.24, 2.45) is 7.05 Å². The van der Waals surface area contributed by atoms with Crippen LogP contribution in [0.3, 0.4) is 0 Å². The van der Waals surface area contributed by atoms with Gasteiger partial charge in [0.15, 0.2) is 0 Å². The molecule has 1 atom stereocenters. The molecule has 0 aliphatic rings. The molecule has 1 amide bonds. The lowest BCUT2D eigenvalue weighted by atomic mass is 10.1. The Labute approximate surface area is 111 Å². The van der Waals surface area contributed by atoms with Crippen LogP contribution in [-0.2, 0) is 16.6 Å². The number of alkyl carbamates (subject to hydrolysis) is 1. The molecule has 2 N–H and O–H groups in total. The number of hydrogen-bond acceptors (Lipinski definition) is 4. The van der Waals surface area contributed by atoms with Crippen molar-refractivity contribution in [2.75, 3.05) is 0 Å². The minimum absolute atomic E-state index is 0.254. The fraction of sp³-hybridized carbons (Fsp3) is 0.583. The molecule has 0 spiro atoms. The van der Waals surface area contributed by atoms with Crippen molar-refractivity contribution in [3.8, 4) is 0 Å². The fourth-order valence-corrected chi connectivity index (χ4v) is 1.47. The second-order valence-corrected chi connectivity index (χ2v) is 5.21. The minimum atomic E-state index is -1.02. The molecule has 0 aliphatic heterocycles. The first kappa shape index (κ1) is 15.0. The summed E-state index contributed by atoms with van der Waals surface area (Å²) in [5, 5.41) is 15.5. The highest BCUT2D eigenvalue weighted by molar-refractivity contribution is 5.72. The van der Waals surface area contributed by atoms with Crippen LogP contribution in [0.4, 0.5) is 4.79 Å². The number of aryl methyl sites for hydroxylation is 1. The van der Waals surface area contributed by atoms with Crippen LogP contribution in [-0.4, -0.2) is 32.6 Å². The molecule has 0 saturated carbocycles. The van der Waals surface area contributed by atoms with E-state index >= 15 is 0 Å². The Balaban J connectivity index is 2.76. The zero-order valence-electron chi connectivity index (χ0n) is 11.5. The van der Waals surface area contributed by atoms with Crippen molar-refractivity contribution >= 4 is 12.1 Å². The van der Waals surface area contributed by atoms with Crippen molar-refractivity contribution in [3.05, 3.63) is 18.0 Å². The van der Waals surface area contributed by atoms with Crippen molar-refractivity contribution < 1.29 is 19.4 Å². The third-order valence-electron chi connectivity index (χ3n) is 2.16. The molecule has 0 aliphatic carbocycles. The number of aliphatic carboxylic acids is 1. The molecule has 0 unspecified atom stereocenters. The molecule has 19 heavy (non-hydrogen) atoms. The Bertz CT molecular complexity index is 462. The van der Waals surface area contributed by atoms with Crippen LogP contribution in [0.5, 0.6) is 0 Å². The highest BCUT2D eigenvalue weighted by Crippen LogP contribution is 2.16. The van der Waals surface area contributed by atoms with Crippen LogP contribution in [0.25, 0.3) is 0 Å². The predicted molar refractivity (Wildman–Crippen MR) is 67.6 cm³/mol. The van der Waals surface area contributed by atoms with Gasteiger partial charge in [0.25, 0.3) is 0 Å². The summed E-state index contributed by atoms with van der Waals surface area (Å²) in [5.74, 6) is -1.02. The quantitative estimate of drug-likeness (QED) is 0.863. The second kappa shape index (κ2) is 5.73. The van der Waals surface area contributed by atoms with Gasteiger partial charge < -0.3 is 15.2 Å². The fourth-order valence-electron chi connectivity index (χ4n) is 1.47. The maximum atomic E-state index is 11.7. The number of carbonyl (C=O) groups excluding carboxylic acids is 1. The molecule has 0 fully saturated rings. The van der Waals surface area contributed by atoms with Gasteiger partial charge in [-0.2, -0.15) is 5.10 Å². The monoisotopic (exact) mass is 269 g/mol. The predicted octanol–water partition coefficient (Wildman–Crippen LogP) is 1.46. The number of nitrogens with one attached hydrogen (secondary N) is 1. The zero-order valence-corrected chi connectivity index (χ0v) is 11.5. The van der Waals surface area contributed by atoms with Crippen LogP contribution >= 0.6 is 0 Å². The third kappa shape index (κ3) is 5.41. The van der Waals surface area contributed by atoms with Gasteiger partial charge in [0.05, 0.1) is 18.2 Å². The molecular weight excluding hydrogens is 250 g/mol. The van der Waals surface area contributed by atoms with Gasteiger partial charge in [0.1, 0.15) is 5.60 Å². The highest BCUT2D eigenvalue weighted by Gasteiger charge is 2.23. The first-order valence-corrected chi connectivity index (χ1v) is 5.88. The Morgan fingerprint density at radius 2 is 2.16 bits per heavy atom. The first-order valence-electron chi connectivity index (χ1n) is 5.88. The number of carbonyl (C=O) groups is 2. The zero-order chi connectivity index (χ0) is 14.6. The molecule has 0 saturated heterocycles. The van der Waals surface area contributed by atoms with Crippen molar-refractivity contribution in [3.63, 3.8) is 0 Å². The van der Waals surface area contributed by atoms with Gasteiger partial charge in [-0.1, -0.05) is 0 Å². The van der Waals surface area contributed by atoms with Gasteiger partial charge in [0, 0.05) is 13.2 Å². The van der Waals surface area contributed by atoms with Crippen LogP contribution < -0.4 is 5.32 Å². The van der Waals surface area contributed by atoms with E-state index in [9.17, 15) is 9.59 Å². The van der Waals surface area contributed by atoms with Gasteiger partial charge in [-0.25, -0.2) is 4.79 Å². The van der Waals surface area contributed by atoms with E-state index < -0.39 is 23.7 Å². The topological polar surface area (TPSA) is 93.5 Å². The number of aromatic nitrogens is 2. The van der Waals surface area contributed by atoms with Crippen LogP contribution in [0.15, 0.2) is 12.3 Å². The summed E-state index contributed by atoms with van der Waals surface area (Å²) in [6.07, 6.45) is 0.765. The number of carboxylic acid groups (broad SMARTS) is 1. The smallest absolute Gasteiger partial charge is 0.408 e. The van der Waals surface area contributed by atoms with Gasteiger partial charge in [-0.05, 0) is 26.8 Å². The van der Waals surface area contributed by atoms with E-state index in [1.54, 1.807) is 44.8 Å². The van der Waals surface area contributed by atoms with Crippen LogP contribution in [0, 0.1) is 0 Å². The Kier molecular flexibility index (Phi) is 4.52. The molecular formula is C12H19N3O4. The average molecular weight is 269 g/mol. The second-order valence-electron chi connectivity index (χ2n) is 5.21. The molecule has 106 valence electrons. The number of rotatable bonds is 4. The molecule has 1 rings (SSSR count). The summed E-state index contributed by atoms with van der Waals surface area (Å²) in [6.45, 7) is 5.21. The lowest BCUT2D eigenvalue weighted by Crippen LogP contribution is -2.36. The summed E-state index contributed by atoms with van der Waals surface area (Å²) < 4.78 is 6.64. The van der Waals surface area contributed by atoms with E-state index in [0.717, 1.165) is 0 Å². The molecule has 1 aromatic heterocycles. The summed E-state index contributed by atoms with van der Waals surface area (Å²) in [7, 11) is 1.72. The van der Waals surface area contributed by atoms with Crippen molar-refractivity contribution in [1.29, 1.82) is 0 Å². The normalized spacial score (nSPS) is 12.8. The molecule has 0 bridgehead atoms. The van der Waals surface area contributed by atoms with Gasteiger partial charge in [-0.3, -0.25) is 9.48 Å². The summed E-state index contributed by atoms with van der Waals surface area (Å²) in [4.78, 5) is 22.5. The van der Waals surface area contributed by atoms with Crippen molar-refractivity contribution in [2.45, 2.75) is 38.8 Å². The molecule has 7 nitrogen and oxygen atoms in total. The van der Waals surface area contributed by atoms with Gasteiger partial charge in [0.2, 0.25) is 0 Å². The molecule has 7 heteroatoms. The lowest BCUT2D eigenvalue weighted by molar-refractivity contribution is -0.137. The summed E-state index contributed by atoms with van der Waals surface area (Å²) in [6, 6.07) is 0.943. The van der Waals surface area contributed by atoms with E-state index in [2.05, 4.69) is 10.4 Å². The first-order chi connectivity index (χ1) is 8.67. The van der Waals surface area contributed by atoms with Crippen LogP contribution in [0.1, 0.15) is 38.9 Å². The van der Waals surface area contributed by atoms with E-state index in [-0.39, 0.29) is 6.42 Å². The summed E-state index contributed by atoms with van der Waals surface area (Å²) >= 11 is 0. The Morgan fingerprint density at radius 3 is 2.58 bits per heavy atom. The number of hydrogen-bond donors (Lipinski definition) is 2. The van der Waals surface area contributed by atoms with E-state index in [1.165, 1.54) is 0 Å². The third-order valence-corrected chi connectivity index (χ3v) is 2.16. The molecule has 1 aromatic rings. The SMILES string of the molecule is Cn1ccc([C@H](CC(=O)O)NC(=O)OC(C)(C)C)n1. The molecule has 0 radical (unpaired) electrons. The molecule has 1 heterocycles. The largest absolute Gasteiger partial charge is 0.481 e. The Morgan fingerprint density at radius 1 is 1.53 bits per heavy atom. The number of nitrogens with zero attached hydrogens (tertiary/aromatic N) is 2. The standard InChI is InChI=1S/C12H19N3O4/c1-12(2,3)19-11(18)13-9(7-10(16)17)8-5-6-15(4)14-8/h5-6,9H,7H2,1-4H3,(H,13,18)(H,16,17)/t9-/m0/s1. The van der Waals surface area contributed by atoms with E-state index in [1.807, 2.05) is 0 Å².